The third-order valence-electron chi connectivity index (χ3n) is 3.70. The largest absolute Gasteiger partial charge is 0.469 e. The third-order valence-corrected chi connectivity index (χ3v) is 3.70. The van der Waals surface area contributed by atoms with Gasteiger partial charge in [-0.25, -0.2) is 0 Å². The number of nitrogens with one attached hydrogen (secondary N) is 1. The highest BCUT2D eigenvalue weighted by atomic mass is 16.3. The van der Waals surface area contributed by atoms with E-state index in [1.807, 2.05) is 13.0 Å². The Morgan fingerprint density at radius 3 is 2.65 bits per heavy atom. The molecule has 0 bridgehead atoms. The van der Waals surface area contributed by atoms with Crippen LogP contribution < -0.4 is 10.2 Å². The number of aryl methyl sites for hydroxylation is 1. The summed E-state index contributed by atoms with van der Waals surface area (Å²) in [5.41, 5.74) is 3.83. The second-order valence-electron chi connectivity index (χ2n) is 5.20. The zero-order valence-corrected chi connectivity index (χ0v) is 12.8. The standard InChI is InChI=1S/C17H24N2O/c1-5-18-13(2)16-8-6-7-9-17(16)19(4)12-15-10-11-20-14(15)3/h6-11,13,18H,5,12H2,1-4H3. The maximum absolute atomic E-state index is 5.38. The van der Waals surface area contributed by atoms with Gasteiger partial charge >= 0.3 is 0 Å². The van der Waals surface area contributed by atoms with E-state index in [-0.39, 0.29) is 0 Å². The fourth-order valence-corrected chi connectivity index (χ4v) is 2.53. The molecule has 1 aromatic heterocycles. The summed E-state index contributed by atoms with van der Waals surface area (Å²) in [5.74, 6) is 0.995. The van der Waals surface area contributed by atoms with Crippen LogP contribution in [0, 0.1) is 6.92 Å². The number of hydrogen-bond acceptors (Lipinski definition) is 3. The Morgan fingerprint density at radius 2 is 2.00 bits per heavy atom. The summed E-state index contributed by atoms with van der Waals surface area (Å²) in [4.78, 5) is 2.28. The molecule has 1 unspecified atom stereocenters. The molecule has 1 aromatic carbocycles. The molecule has 0 spiro atoms. The number of hydrogen-bond donors (Lipinski definition) is 1. The van der Waals surface area contributed by atoms with Crippen LogP contribution in [0.4, 0.5) is 5.69 Å². The number of para-hydroxylation sites is 1. The summed E-state index contributed by atoms with van der Waals surface area (Å²) in [6.45, 7) is 8.19. The van der Waals surface area contributed by atoms with Gasteiger partial charge < -0.3 is 14.6 Å². The van der Waals surface area contributed by atoms with Gasteiger partial charge in [0, 0.05) is 30.9 Å². The summed E-state index contributed by atoms with van der Waals surface area (Å²) in [7, 11) is 2.13. The van der Waals surface area contributed by atoms with Crippen LogP contribution in [0.2, 0.25) is 0 Å². The summed E-state index contributed by atoms with van der Waals surface area (Å²) < 4.78 is 5.38. The minimum atomic E-state index is 0.351. The van der Waals surface area contributed by atoms with E-state index in [2.05, 4.69) is 55.4 Å². The Morgan fingerprint density at radius 1 is 1.25 bits per heavy atom. The number of benzene rings is 1. The zero-order chi connectivity index (χ0) is 14.5. The van der Waals surface area contributed by atoms with E-state index in [4.69, 9.17) is 4.42 Å². The van der Waals surface area contributed by atoms with E-state index >= 15 is 0 Å². The molecule has 0 saturated carbocycles. The molecule has 0 radical (unpaired) electrons. The van der Waals surface area contributed by atoms with Crippen molar-refractivity contribution in [2.75, 3.05) is 18.5 Å². The van der Waals surface area contributed by atoms with Gasteiger partial charge in [-0.3, -0.25) is 0 Å². The molecule has 1 atom stereocenters. The van der Waals surface area contributed by atoms with Gasteiger partial charge in [0.05, 0.1) is 6.26 Å². The van der Waals surface area contributed by atoms with Gasteiger partial charge in [-0.2, -0.15) is 0 Å². The SMILES string of the molecule is CCNC(C)c1ccccc1N(C)Cc1ccoc1C. The molecule has 2 aromatic rings. The molecule has 0 amide bonds. The molecule has 108 valence electrons. The number of rotatable bonds is 6. The molecule has 3 nitrogen and oxygen atoms in total. The summed E-state index contributed by atoms with van der Waals surface area (Å²) in [6, 6.07) is 11.0. The fourth-order valence-electron chi connectivity index (χ4n) is 2.53. The van der Waals surface area contributed by atoms with Crippen LogP contribution in [0.15, 0.2) is 41.0 Å². The summed E-state index contributed by atoms with van der Waals surface area (Å²) >= 11 is 0. The van der Waals surface area contributed by atoms with E-state index < -0.39 is 0 Å². The molecule has 0 fully saturated rings. The van der Waals surface area contributed by atoms with Crippen LogP contribution in [-0.2, 0) is 6.54 Å². The Bertz CT molecular complexity index is 547. The highest BCUT2D eigenvalue weighted by Crippen LogP contribution is 2.27. The van der Waals surface area contributed by atoms with Crippen molar-refractivity contribution in [2.45, 2.75) is 33.4 Å². The second kappa shape index (κ2) is 6.62. The molecule has 3 heteroatoms. The van der Waals surface area contributed by atoms with Gasteiger partial charge in [-0.15, -0.1) is 0 Å². The van der Waals surface area contributed by atoms with E-state index in [9.17, 15) is 0 Å². The molecule has 0 aliphatic carbocycles. The molecule has 0 aliphatic heterocycles. The van der Waals surface area contributed by atoms with E-state index in [1.165, 1.54) is 16.8 Å². The lowest BCUT2D eigenvalue weighted by Crippen LogP contribution is -2.23. The Labute approximate surface area is 121 Å². The van der Waals surface area contributed by atoms with Crippen LogP contribution in [0.1, 0.15) is 36.8 Å². The maximum Gasteiger partial charge on any atom is 0.105 e. The van der Waals surface area contributed by atoms with Gasteiger partial charge in [0.2, 0.25) is 0 Å². The van der Waals surface area contributed by atoms with Crippen LogP contribution in [0.25, 0.3) is 0 Å². The monoisotopic (exact) mass is 272 g/mol. The molecule has 2 rings (SSSR count). The topological polar surface area (TPSA) is 28.4 Å². The van der Waals surface area contributed by atoms with Gasteiger partial charge in [0.25, 0.3) is 0 Å². The van der Waals surface area contributed by atoms with Gasteiger partial charge in [-0.05, 0) is 38.1 Å². The van der Waals surface area contributed by atoms with Crippen molar-refractivity contribution in [2.24, 2.45) is 0 Å². The zero-order valence-electron chi connectivity index (χ0n) is 12.8. The smallest absolute Gasteiger partial charge is 0.105 e. The van der Waals surface area contributed by atoms with E-state index in [1.54, 1.807) is 6.26 Å². The van der Waals surface area contributed by atoms with Crippen LogP contribution in [0.3, 0.4) is 0 Å². The second-order valence-corrected chi connectivity index (χ2v) is 5.20. The Kier molecular flexibility index (Phi) is 4.85. The summed E-state index contributed by atoms with van der Waals surface area (Å²) in [5, 5.41) is 3.48. The van der Waals surface area contributed by atoms with Crippen molar-refractivity contribution in [1.82, 2.24) is 5.32 Å². The average Bonchev–Trinajstić information content (AvgIpc) is 2.84. The minimum Gasteiger partial charge on any atom is -0.469 e. The number of nitrogens with zero attached hydrogens (tertiary/aromatic N) is 1. The minimum absolute atomic E-state index is 0.351. The fraction of sp³-hybridized carbons (Fsp3) is 0.412. The lowest BCUT2D eigenvalue weighted by Gasteiger charge is -2.25. The quantitative estimate of drug-likeness (QED) is 0.864. The lowest BCUT2D eigenvalue weighted by molar-refractivity contribution is 0.529. The molecule has 0 saturated heterocycles. The van der Waals surface area contributed by atoms with Gasteiger partial charge in [0.15, 0.2) is 0 Å². The predicted molar refractivity (Wildman–Crippen MR) is 84.1 cm³/mol. The first-order chi connectivity index (χ1) is 9.63. The van der Waals surface area contributed by atoms with Crippen LogP contribution >= 0.6 is 0 Å². The van der Waals surface area contributed by atoms with Crippen LogP contribution in [-0.4, -0.2) is 13.6 Å². The first-order valence-corrected chi connectivity index (χ1v) is 7.20. The highest BCUT2D eigenvalue weighted by Gasteiger charge is 2.13. The van der Waals surface area contributed by atoms with E-state index in [0.717, 1.165) is 18.8 Å². The van der Waals surface area contributed by atoms with Crippen molar-refractivity contribution in [3.8, 4) is 0 Å². The summed E-state index contributed by atoms with van der Waals surface area (Å²) in [6.07, 6.45) is 1.76. The molecule has 1 heterocycles. The van der Waals surface area contributed by atoms with Crippen molar-refractivity contribution in [3.63, 3.8) is 0 Å². The first-order valence-electron chi connectivity index (χ1n) is 7.20. The van der Waals surface area contributed by atoms with Crippen molar-refractivity contribution in [3.05, 3.63) is 53.5 Å². The molecular formula is C17H24N2O. The highest BCUT2D eigenvalue weighted by molar-refractivity contribution is 5.54. The Balaban J connectivity index is 2.21. The molecule has 20 heavy (non-hydrogen) atoms. The normalized spacial score (nSPS) is 12.4. The van der Waals surface area contributed by atoms with Crippen molar-refractivity contribution in [1.29, 1.82) is 0 Å². The third kappa shape index (κ3) is 3.23. The van der Waals surface area contributed by atoms with Crippen molar-refractivity contribution >= 4 is 5.69 Å². The van der Waals surface area contributed by atoms with Crippen LogP contribution in [0.5, 0.6) is 0 Å². The molecule has 1 N–H and O–H groups in total. The number of furan rings is 1. The average molecular weight is 272 g/mol. The first kappa shape index (κ1) is 14.7. The van der Waals surface area contributed by atoms with Crippen molar-refractivity contribution < 1.29 is 4.42 Å². The Hall–Kier alpha value is -1.74. The molecular weight excluding hydrogens is 248 g/mol. The maximum atomic E-state index is 5.38. The van der Waals surface area contributed by atoms with Gasteiger partial charge in [0.1, 0.15) is 5.76 Å². The van der Waals surface area contributed by atoms with Gasteiger partial charge in [-0.1, -0.05) is 25.1 Å². The lowest BCUT2D eigenvalue weighted by atomic mass is 10.0. The predicted octanol–water partition coefficient (Wildman–Crippen LogP) is 3.89. The van der Waals surface area contributed by atoms with E-state index in [0.29, 0.717) is 6.04 Å². The molecule has 0 aliphatic rings. The number of anilines is 1.